The van der Waals surface area contributed by atoms with Crippen LogP contribution in [-0.4, -0.2) is 73.0 Å². The number of nitrogens with zero attached hydrogens (tertiary/aromatic N) is 4. The summed E-state index contributed by atoms with van der Waals surface area (Å²) >= 11 is 1.69. The number of hydrogen-bond donors (Lipinski definition) is 2. The average molecular weight is 421 g/mol. The van der Waals surface area contributed by atoms with Gasteiger partial charge in [0.05, 0.1) is 12.2 Å². The van der Waals surface area contributed by atoms with E-state index in [2.05, 4.69) is 49.6 Å². The predicted molar refractivity (Wildman–Crippen MR) is 119 cm³/mol. The second-order valence-corrected chi connectivity index (χ2v) is 9.26. The van der Waals surface area contributed by atoms with Gasteiger partial charge in [-0.05, 0) is 18.8 Å². The van der Waals surface area contributed by atoms with Gasteiger partial charge in [-0.15, -0.1) is 11.3 Å². The summed E-state index contributed by atoms with van der Waals surface area (Å²) in [6.45, 7) is 10.5. The Morgan fingerprint density at radius 3 is 2.59 bits per heavy atom. The maximum atomic E-state index is 12.5. The molecule has 0 spiro atoms. The van der Waals surface area contributed by atoms with Gasteiger partial charge in [0.1, 0.15) is 5.01 Å². The summed E-state index contributed by atoms with van der Waals surface area (Å²) in [5.41, 5.74) is 1.15. The SMILES string of the molecule is CN=C(NCCN1CCN(C(=O)C2CCCC2)CC1)NCc1nc(C(C)C)cs1. The van der Waals surface area contributed by atoms with Crippen LogP contribution in [-0.2, 0) is 11.3 Å². The average Bonchev–Trinajstić information content (AvgIpc) is 3.43. The fraction of sp³-hybridized carbons (Fsp3) is 0.762. The fourth-order valence-corrected chi connectivity index (χ4v) is 4.90. The summed E-state index contributed by atoms with van der Waals surface area (Å²) in [5.74, 6) is 1.97. The van der Waals surface area contributed by atoms with Crippen molar-refractivity contribution in [1.82, 2.24) is 25.4 Å². The van der Waals surface area contributed by atoms with Gasteiger partial charge in [-0.2, -0.15) is 0 Å². The zero-order chi connectivity index (χ0) is 20.6. The summed E-state index contributed by atoms with van der Waals surface area (Å²) in [5, 5.41) is 9.95. The molecule has 0 unspecified atom stereocenters. The topological polar surface area (TPSA) is 72.9 Å². The number of thiazole rings is 1. The van der Waals surface area contributed by atoms with Gasteiger partial charge in [0.15, 0.2) is 5.96 Å². The smallest absolute Gasteiger partial charge is 0.225 e. The van der Waals surface area contributed by atoms with E-state index < -0.39 is 0 Å². The molecule has 162 valence electrons. The van der Waals surface area contributed by atoms with E-state index in [9.17, 15) is 4.79 Å². The summed E-state index contributed by atoms with van der Waals surface area (Å²) in [4.78, 5) is 26.0. The van der Waals surface area contributed by atoms with Gasteiger partial charge >= 0.3 is 0 Å². The largest absolute Gasteiger partial charge is 0.355 e. The lowest BCUT2D eigenvalue weighted by molar-refractivity contribution is -0.137. The lowest BCUT2D eigenvalue weighted by Crippen LogP contribution is -2.51. The summed E-state index contributed by atoms with van der Waals surface area (Å²) in [6, 6.07) is 0. The Labute approximate surface area is 179 Å². The number of carbonyl (C=O) groups excluding carboxylic acids is 1. The van der Waals surface area contributed by atoms with Crippen LogP contribution >= 0.6 is 11.3 Å². The molecule has 2 N–H and O–H groups in total. The fourth-order valence-electron chi connectivity index (χ4n) is 4.01. The van der Waals surface area contributed by atoms with E-state index in [0.717, 1.165) is 68.8 Å². The van der Waals surface area contributed by atoms with Crippen molar-refractivity contribution in [3.05, 3.63) is 16.1 Å². The molecule has 1 amide bonds. The third-order valence-corrected chi connectivity index (χ3v) is 6.77. The van der Waals surface area contributed by atoms with E-state index in [-0.39, 0.29) is 0 Å². The van der Waals surface area contributed by atoms with Gasteiger partial charge in [-0.3, -0.25) is 14.7 Å². The van der Waals surface area contributed by atoms with Gasteiger partial charge in [0.2, 0.25) is 5.91 Å². The van der Waals surface area contributed by atoms with Crippen molar-refractivity contribution in [3.8, 4) is 0 Å². The Balaban J connectivity index is 1.32. The third kappa shape index (κ3) is 6.40. The second kappa shape index (κ2) is 10.9. The molecule has 0 aromatic carbocycles. The lowest BCUT2D eigenvalue weighted by Gasteiger charge is -2.36. The normalized spacial score (nSPS) is 19.2. The quantitative estimate of drug-likeness (QED) is 0.523. The number of guanidine groups is 1. The minimum Gasteiger partial charge on any atom is -0.355 e. The van der Waals surface area contributed by atoms with E-state index in [1.807, 2.05) is 0 Å². The molecular formula is C21H36N6OS. The minimum absolute atomic E-state index is 0.298. The van der Waals surface area contributed by atoms with Crippen LogP contribution in [0.4, 0.5) is 0 Å². The third-order valence-electron chi connectivity index (χ3n) is 5.90. The lowest BCUT2D eigenvalue weighted by atomic mass is 10.1. The first-order valence-electron chi connectivity index (χ1n) is 11.0. The highest BCUT2D eigenvalue weighted by molar-refractivity contribution is 7.09. The van der Waals surface area contributed by atoms with Crippen LogP contribution in [0.2, 0.25) is 0 Å². The van der Waals surface area contributed by atoms with Crippen molar-refractivity contribution in [2.75, 3.05) is 46.3 Å². The number of nitrogens with one attached hydrogen (secondary N) is 2. The van der Waals surface area contributed by atoms with Gasteiger partial charge in [0.25, 0.3) is 0 Å². The predicted octanol–water partition coefficient (Wildman–Crippen LogP) is 2.27. The van der Waals surface area contributed by atoms with Crippen molar-refractivity contribution in [2.24, 2.45) is 10.9 Å². The summed E-state index contributed by atoms with van der Waals surface area (Å²) in [6.07, 6.45) is 4.63. The first kappa shape index (κ1) is 22.0. The highest BCUT2D eigenvalue weighted by atomic mass is 32.1. The molecule has 1 aliphatic carbocycles. The summed E-state index contributed by atoms with van der Waals surface area (Å²) < 4.78 is 0. The molecule has 2 aliphatic rings. The molecule has 0 bridgehead atoms. The monoisotopic (exact) mass is 420 g/mol. The number of aromatic nitrogens is 1. The van der Waals surface area contributed by atoms with Crippen molar-refractivity contribution < 1.29 is 4.79 Å². The van der Waals surface area contributed by atoms with Crippen LogP contribution in [0.1, 0.15) is 56.2 Å². The zero-order valence-electron chi connectivity index (χ0n) is 18.1. The highest BCUT2D eigenvalue weighted by Gasteiger charge is 2.29. The number of hydrogen-bond acceptors (Lipinski definition) is 5. The number of rotatable bonds is 7. The van der Waals surface area contributed by atoms with E-state index in [1.54, 1.807) is 18.4 Å². The van der Waals surface area contributed by atoms with Crippen molar-refractivity contribution >= 4 is 23.2 Å². The Hall–Kier alpha value is -1.67. The van der Waals surface area contributed by atoms with Crippen LogP contribution in [0.25, 0.3) is 0 Å². The molecule has 0 atom stereocenters. The van der Waals surface area contributed by atoms with E-state index >= 15 is 0 Å². The molecule has 1 aromatic heterocycles. The van der Waals surface area contributed by atoms with E-state index in [0.29, 0.717) is 24.3 Å². The van der Waals surface area contributed by atoms with E-state index in [1.165, 1.54) is 12.8 Å². The molecule has 8 heteroatoms. The summed E-state index contributed by atoms with van der Waals surface area (Å²) in [7, 11) is 1.80. The maximum absolute atomic E-state index is 12.5. The first-order valence-corrected chi connectivity index (χ1v) is 11.8. The molecule has 1 saturated heterocycles. The van der Waals surface area contributed by atoms with Crippen molar-refractivity contribution in [1.29, 1.82) is 0 Å². The van der Waals surface area contributed by atoms with Gasteiger partial charge < -0.3 is 15.5 Å². The second-order valence-electron chi connectivity index (χ2n) is 8.32. The van der Waals surface area contributed by atoms with E-state index in [4.69, 9.17) is 0 Å². The minimum atomic E-state index is 0.298. The highest BCUT2D eigenvalue weighted by Crippen LogP contribution is 2.26. The van der Waals surface area contributed by atoms with Crippen LogP contribution in [0.5, 0.6) is 0 Å². The molecule has 1 aliphatic heterocycles. The molecule has 7 nitrogen and oxygen atoms in total. The Kier molecular flexibility index (Phi) is 8.29. The van der Waals surface area contributed by atoms with Gasteiger partial charge in [-0.25, -0.2) is 4.98 Å². The van der Waals surface area contributed by atoms with Gasteiger partial charge in [0, 0.05) is 57.6 Å². The Bertz CT molecular complexity index is 674. The molecule has 29 heavy (non-hydrogen) atoms. The van der Waals surface area contributed by atoms with Gasteiger partial charge in [-0.1, -0.05) is 26.7 Å². The van der Waals surface area contributed by atoms with Crippen LogP contribution in [0.15, 0.2) is 10.4 Å². The molecule has 2 fully saturated rings. The molecule has 3 rings (SSSR count). The number of amides is 1. The maximum Gasteiger partial charge on any atom is 0.225 e. The Morgan fingerprint density at radius 1 is 1.24 bits per heavy atom. The molecule has 2 heterocycles. The number of carbonyl (C=O) groups is 1. The standard InChI is InChI=1S/C21H36N6OS/c1-16(2)18-15-29-19(25-18)14-24-21(22-3)23-8-9-26-10-12-27(13-11-26)20(28)17-6-4-5-7-17/h15-17H,4-14H2,1-3H3,(H2,22,23,24). The molecule has 0 radical (unpaired) electrons. The molecule has 1 aromatic rings. The first-order chi connectivity index (χ1) is 14.1. The Morgan fingerprint density at radius 2 is 1.97 bits per heavy atom. The molecule has 1 saturated carbocycles. The van der Waals surface area contributed by atoms with Crippen LogP contribution in [0.3, 0.4) is 0 Å². The zero-order valence-corrected chi connectivity index (χ0v) is 18.9. The molecular weight excluding hydrogens is 384 g/mol. The number of aliphatic imine (C=N–C) groups is 1. The van der Waals surface area contributed by atoms with Crippen molar-refractivity contribution in [3.63, 3.8) is 0 Å². The number of piperazine rings is 1. The van der Waals surface area contributed by atoms with Crippen molar-refractivity contribution in [2.45, 2.75) is 52.0 Å². The van der Waals surface area contributed by atoms with Crippen LogP contribution in [0, 0.1) is 5.92 Å². The van der Waals surface area contributed by atoms with Crippen LogP contribution < -0.4 is 10.6 Å².